The van der Waals surface area contributed by atoms with Crippen molar-refractivity contribution in [1.29, 1.82) is 0 Å². The van der Waals surface area contributed by atoms with Gasteiger partial charge in [0, 0.05) is 6.61 Å². The standard InChI is InChI=1S/C12H23NO/c1(6-12-7-3-9-14-12)4-11-5-2-8-13-10-11/h11-13H,1-10H2. The van der Waals surface area contributed by atoms with E-state index in [9.17, 15) is 0 Å². The first kappa shape index (κ1) is 10.4. The molecule has 2 unspecified atom stereocenters. The molecular formula is C12H23NO. The minimum Gasteiger partial charge on any atom is -0.378 e. The number of piperidine rings is 1. The van der Waals surface area contributed by atoms with E-state index in [1.54, 1.807) is 0 Å². The second-order valence-electron chi connectivity index (χ2n) is 4.78. The summed E-state index contributed by atoms with van der Waals surface area (Å²) >= 11 is 0. The van der Waals surface area contributed by atoms with E-state index in [-0.39, 0.29) is 0 Å². The molecule has 2 rings (SSSR count). The first-order valence-corrected chi connectivity index (χ1v) is 6.27. The molecule has 82 valence electrons. The molecule has 2 aliphatic heterocycles. The molecule has 0 radical (unpaired) electrons. The molecule has 0 bridgehead atoms. The van der Waals surface area contributed by atoms with Crippen molar-refractivity contribution in [3.05, 3.63) is 0 Å². The maximum Gasteiger partial charge on any atom is 0.0576 e. The molecule has 2 fully saturated rings. The lowest BCUT2D eigenvalue weighted by Crippen LogP contribution is -2.29. The third kappa shape index (κ3) is 3.25. The van der Waals surface area contributed by atoms with E-state index in [0.717, 1.165) is 12.5 Å². The zero-order valence-electron chi connectivity index (χ0n) is 9.13. The highest BCUT2D eigenvalue weighted by Gasteiger charge is 2.17. The van der Waals surface area contributed by atoms with E-state index in [4.69, 9.17) is 4.74 Å². The fourth-order valence-corrected chi connectivity index (χ4v) is 2.68. The monoisotopic (exact) mass is 197 g/mol. The zero-order chi connectivity index (χ0) is 9.64. The summed E-state index contributed by atoms with van der Waals surface area (Å²) < 4.78 is 5.63. The number of hydrogen-bond donors (Lipinski definition) is 1. The summed E-state index contributed by atoms with van der Waals surface area (Å²) in [6.07, 6.45) is 10.1. The molecule has 0 aromatic rings. The van der Waals surface area contributed by atoms with Crippen molar-refractivity contribution in [2.45, 2.75) is 51.0 Å². The summed E-state index contributed by atoms with van der Waals surface area (Å²) in [5, 5.41) is 3.48. The van der Waals surface area contributed by atoms with Gasteiger partial charge < -0.3 is 10.1 Å². The normalized spacial score (nSPS) is 33.4. The van der Waals surface area contributed by atoms with Crippen molar-refractivity contribution in [2.75, 3.05) is 19.7 Å². The minimum absolute atomic E-state index is 0.603. The van der Waals surface area contributed by atoms with Gasteiger partial charge in [-0.15, -0.1) is 0 Å². The van der Waals surface area contributed by atoms with E-state index in [1.165, 1.54) is 58.0 Å². The predicted molar refractivity (Wildman–Crippen MR) is 58.4 cm³/mol. The lowest BCUT2D eigenvalue weighted by atomic mass is 9.93. The van der Waals surface area contributed by atoms with Crippen molar-refractivity contribution in [1.82, 2.24) is 5.32 Å². The van der Waals surface area contributed by atoms with E-state index in [1.807, 2.05) is 0 Å². The smallest absolute Gasteiger partial charge is 0.0576 e. The van der Waals surface area contributed by atoms with Gasteiger partial charge in [-0.3, -0.25) is 0 Å². The molecular weight excluding hydrogens is 174 g/mol. The van der Waals surface area contributed by atoms with Gasteiger partial charge >= 0.3 is 0 Å². The quantitative estimate of drug-likeness (QED) is 0.747. The Hall–Kier alpha value is -0.0800. The van der Waals surface area contributed by atoms with Crippen molar-refractivity contribution < 1.29 is 4.74 Å². The summed E-state index contributed by atoms with van der Waals surface area (Å²) in [6, 6.07) is 0. The second kappa shape index (κ2) is 5.72. The molecule has 2 atom stereocenters. The number of ether oxygens (including phenoxy) is 1. The summed E-state index contributed by atoms with van der Waals surface area (Å²) in [7, 11) is 0. The summed E-state index contributed by atoms with van der Waals surface area (Å²) in [4.78, 5) is 0. The average Bonchev–Trinajstić information content (AvgIpc) is 2.72. The highest BCUT2D eigenvalue weighted by molar-refractivity contribution is 4.71. The summed E-state index contributed by atoms with van der Waals surface area (Å²) in [5.74, 6) is 0.949. The highest BCUT2D eigenvalue weighted by atomic mass is 16.5. The molecule has 0 aromatic heterocycles. The Balaban J connectivity index is 1.52. The molecule has 2 heterocycles. The largest absolute Gasteiger partial charge is 0.378 e. The van der Waals surface area contributed by atoms with Gasteiger partial charge in [0.15, 0.2) is 0 Å². The van der Waals surface area contributed by atoms with Gasteiger partial charge in [0.2, 0.25) is 0 Å². The third-order valence-electron chi connectivity index (χ3n) is 3.56. The number of hydrogen-bond acceptors (Lipinski definition) is 2. The Morgan fingerprint density at radius 2 is 2.14 bits per heavy atom. The van der Waals surface area contributed by atoms with Crippen LogP contribution in [-0.2, 0) is 4.74 Å². The van der Waals surface area contributed by atoms with Gasteiger partial charge in [-0.25, -0.2) is 0 Å². The fourth-order valence-electron chi connectivity index (χ4n) is 2.68. The van der Waals surface area contributed by atoms with Gasteiger partial charge in [0.1, 0.15) is 0 Å². The van der Waals surface area contributed by atoms with Gasteiger partial charge in [0.05, 0.1) is 6.10 Å². The van der Waals surface area contributed by atoms with Crippen LogP contribution < -0.4 is 5.32 Å². The Kier molecular flexibility index (Phi) is 4.26. The average molecular weight is 197 g/mol. The zero-order valence-corrected chi connectivity index (χ0v) is 9.13. The molecule has 0 amide bonds. The molecule has 2 saturated heterocycles. The molecule has 0 spiro atoms. The molecule has 1 N–H and O–H groups in total. The van der Waals surface area contributed by atoms with E-state index >= 15 is 0 Å². The van der Waals surface area contributed by atoms with E-state index < -0.39 is 0 Å². The molecule has 0 aromatic carbocycles. The Labute approximate surface area is 87.4 Å². The van der Waals surface area contributed by atoms with Gasteiger partial charge in [-0.2, -0.15) is 0 Å². The third-order valence-corrected chi connectivity index (χ3v) is 3.56. The lowest BCUT2D eigenvalue weighted by Gasteiger charge is -2.22. The van der Waals surface area contributed by atoms with Crippen molar-refractivity contribution in [3.63, 3.8) is 0 Å². The molecule has 2 heteroatoms. The second-order valence-corrected chi connectivity index (χ2v) is 4.78. The van der Waals surface area contributed by atoms with Gasteiger partial charge in [0.25, 0.3) is 0 Å². The van der Waals surface area contributed by atoms with Gasteiger partial charge in [-0.1, -0.05) is 6.42 Å². The number of rotatable bonds is 4. The van der Waals surface area contributed by atoms with Crippen LogP contribution in [0.25, 0.3) is 0 Å². The van der Waals surface area contributed by atoms with E-state index in [2.05, 4.69) is 5.32 Å². The van der Waals surface area contributed by atoms with Crippen LogP contribution in [0.5, 0.6) is 0 Å². The van der Waals surface area contributed by atoms with Crippen molar-refractivity contribution >= 4 is 0 Å². The van der Waals surface area contributed by atoms with Gasteiger partial charge in [-0.05, 0) is 57.5 Å². The van der Waals surface area contributed by atoms with Crippen molar-refractivity contribution in [2.24, 2.45) is 5.92 Å². The Morgan fingerprint density at radius 1 is 1.14 bits per heavy atom. The molecule has 14 heavy (non-hydrogen) atoms. The number of nitrogens with one attached hydrogen (secondary N) is 1. The maximum atomic E-state index is 5.63. The van der Waals surface area contributed by atoms with Crippen LogP contribution in [0.15, 0.2) is 0 Å². The molecule has 0 saturated carbocycles. The van der Waals surface area contributed by atoms with Crippen LogP contribution in [0.4, 0.5) is 0 Å². The SMILES string of the molecule is C1CNCC(CCCC2CCCO2)C1. The van der Waals surface area contributed by atoms with Crippen LogP contribution >= 0.6 is 0 Å². The van der Waals surface area contributed by atoms with Crippen molar-refractivity contribution in [3.8, 4) is 0 Å². The Morgan fingerprint density at radius 3 is 2.86 bits per heavy atom. The topological polar surface area (TPSA) is 21.3 Å². The predicted octanol–water partition coefficient (Wildman–Crippen LogP) is 2.34. The summed E-state index contributed by atoms with van der Waals surface area (Å²) in [6.45, 7) is 3.50. The maximum absolute atomic E-state index is 5.63. The minimum atomic E-state index is 0.603. The first-order valence-electron chi connectivity index (χ1n) is 6.27. The molecule has 2 aliphatic rings. The van der Waals surface area contributed by atoms with Crippen LogP contribution in [0, 0.1) is 5.92 Å². The fraction of sp³-hybridized carbons (Fsp3) is 1.00. The van der Waals surface area contributed by atoms with Crippen LogP contribution in [0.1, 0.15) is 44.9 Å². The van der Waals surface area contributed by atoms with E-state index in [0.29, 0.717) is 6.10 Å². The molecule has 0 aliphatic carbocycles. The lowest BCUT2D eigenvalue weighted by molar-refractivity contribution is 0.100. The first-order chi connectivity index (χ1) is 6.95. The molecule has 2 nitrogen and oxygen atoms in total. The van der Waals surface area contributed by atoms with Crippen LogP contribution in [0.2, 0.25) is 0 Å². The highest BCUT2D eigenvalue weighted by Crippen LogP contribution is 2.21. The Bertz CT molecular complexity index is 148. The van der Waals surface area contributed by atoms with Crippen LogP contribution in [-0.4, -0.2) is 25.8 Å². The van der Waals surface area contributed by atoms with Crippen LogP contribution in [0.3, 0.4) is 0 Å². The summed E-state index contributed by atoms with van der Waals surface area (Å²) in [5.41, 5.74) is 0.